The molecule has 0 spiro atoms. The molecule has 3 aromatic rings. The van der Waals surface area contributed by atoms with E-state index in [1.165, 1.54) is 35.8 Å². The number of ether oxygens (including phenoxy) is 3. The molecular weight excluding hydrogens is 586 g/mol. The van der Waals surface area contributed by atoms with Crippen LogP contribution < -0.4 is 15.2 Å². The number of hydrogen-bond acceptors (Lipinski definition) is 10. The molecule has 1 saturated heterocycles. The van der Waals surface area contributed by atoms with E-state index in [-0.39, 0.29) is 35.7 Å². The predicted molar refractivity (Wildman–Crippen MR) is 151 cm³/mol. The number of halogens is 2. The average molecular weight is 613 g/mol. The number of pyridine rings is 1. The van der Waals surface area contributed by atoms with E-state index < -0.39 is 48.1 Å². The van der Waals surface area contributed by atoms with Gasteiger partial charge < -0.3 is 23.9 Å². The van der Waals surface area contributed by atoms with Crippen LogP contribution in [0.5, 0.6) is 5.75 Å². The summed E-state index contributed by atoms with van der Waals surface area (Å²) in [6.45, 7) is -0.451. The number of hydrogen-bond donors (Lipinski definition) is 0. The summed E-state index contributed by atoms with van der Waals surface area (Å²) < 4.78 is 46.3. The summed E-state index contributed by atoms with van der Waals surface area (Å²) in [5.41, 5.74) is 1.47. The normalized spacial score (nSPS) is 19.9. The van der Waals surface area contributed by atoms with E-state index in [4.69, 9.17) is 14.3 Å². The van der Waals surface area contributed by atoms with Crippen molar-refractivity contribution < 1.29 is 37.4 Å². The Morgan fingerprint density at radius 3 is 2.70 bits per heavy atom. The van der Waals surface area contributed by atoms with E-state index in [1.807, 2.05) is 29.3 Å². The van der Waals surface area contributed by atoms with Crippen molar-refractivity contribution >= 4 is 29.5 Å². The lowest BCUT2D eigenvalue weighted by Gasteiger charge is -2.51. The van der Waals surface area contributed by atoms with Gasteiger partial charge in [-0.3, -0.25) is 19.3 Å². The van der Waals surface area contributed by atoms with Crippen LogP contribution in [0.4, 0.5) is 13.6 Å². The third kappa shape index (κ3) is 4.94. The topological polar surface area (TPSA) is 112 Å². The summed E-state index contributed by atoms with van der Waals surface area (Å²) in [6, 6.07) is 10.7. The third-order valence-electron chi connectivity index (χ3n) is 7.62. The van der Waals surface area contributed by atoms with Crippen LogP contribution in [-0.2, 0) is 20.1 Å². The molecule has 224 valence electrons. The zero-order chi connectivity index (χ0) is 30.2. The van der Waals surface area contributed by atoms with Gasteiger partial charge in [-0.1, -0.05) is 29.4 Å². The number of nitrogens with zero attached hydrogens (tertiary/aromatic N) is 4. The first-order chi connectivity index (χ1) is 20.8. The minimum atomic E-state index is -1.03. The maximum atomic E-state index is 15.4. The highest BCUT2D eigenvalue weighted by molar-refractivity contribution is 7.98. The Kier molecular flexibility index (Phi) is 7.69. The van der Waals surface area contributed by atoms with Gasteiger partial charge in [-0.15, -0.1) is 11.8 Å². The van der Waals surface area contributed by atoms with Crippen molar-refractivity contribution in [3.63, 3.8) is 0 Å². The van der Waals surface area contributed by atoms with Crippen molar-refractivity contribution in [3.8, 4) is 5.75 Å². The van der Waals surface area contributed by atoms with Gasteiger partial charge in [-0.25, -0.2) is 13.6 Å². The number of carbonyl (C=O) groups excluding carboxylic acids is 2. The fraction of sp³-hybridized carbons (Fsp3) is 0.310. The molecule has 4 heterocycles. The molecule has 11 nitrogen and oxygen atoms in total. The smallest absolute Gasteiger partial charge is 0.451 e. The Bertz CT molecular complexity index is 1700. The lowest BCUT2D eigenvalue weighted by Crippen LogP contribution is -2.65. The molecule has 1 fully saturated rings. The fourth-order valence-corrected chi connectivity index (χ4v) is 6.88. The molecule has 14 heteroatoms. The summed E-state index contributed by atoms with van der Waals surface area (Å²) in [5.74, 6) is -2.55. The SMILES string of the molecule is CON=C1CCN2C(=O)c3c(OCOC(=O)OC)c(=O)ccn3N([C@@H]3c4ccccc4SCc4c3ccc(F)c4F)[C@@H]2C1. The minimum Gasteiger partial charge on any atom is -0.451 e. The van der Waals surface area contributed by atoms with Crippen LogP contribution in [0, 0.1) is 11.6 Å². The van der Waals surface area contributed by atoms with Crippen molar-refractivity contribution in [2.75, 3.05) is 32.6 Å². The number of oxime groups is 1. The number of fused-ring (bicyclic) bond motifs is 4. The standard InChI is InChI=1S/C29H26F2N4O7S/c1-39-29(38)42-15-41-27-21(36)10-12-34-26(27)28(37)33-11-9-16(32-40-2)13-23(33)35(34)25-17-7-8-20(30)24(31)19(17)14-43-22-6-4-3-5-18(22)25/h3-8,10,12,23,25H,9,11,13-15H2,1-2H3/t23-,25+/m1/s1. The Balaban J connectivity index is 1.59. The van der Waals surface area contributed by atoms with Crippen molar-refractivity contribution in [2.24, 2.45) is 5.16 Å². The third-order valence-corrected chi connectivity index (χ3v) is 8.73. The molecular formula is C29H26F2N4O7S. The quantitative estimate of drug-likeness (QED) is 0.238. The summed E-state index contributed by atoms with van der Waals surface area (Å²) in [7, 11) is 2.56. The molecule has 43 heavy (non-hydrogen) atoms. The average Bonchev–Trinajstić information content (AvgIpc) is 3.17. The molecule has 2 atom stereocenters. The van der Waals surface area contributed by atoms with Gasteiger partial charge in [0.1, 0.15) is 13.3 Å². The van der Waals surface area contributed by atoms with E-state index in [9.17, 15) is 18.8 Å². The first-order valence-electron chi connectivity index (χ1n) is 13.3. The second-order valence-corrected chi connectivity index (χ2v) is 10.9. The number of aromatic nitrogens is 1. The molecule has 1 amide bonds. The number of rotatable bonds is 5. The molecule has 0 radical (unpaired) electrons. The maximum Gasteiger partial charge on any atom is 0.510 e. The van der Waals surface area contributed by atoms with Gasteiger partial charge in [0.05, 0.1) is 18.9 Å². The first kappa shape index (κ1) is 28.5. The van der Waals surface area contributed by atoms with Crippen LogP contribution in [0.15, 0.2) is 63.5 Å². The van der Waals surface area contributed by atoms with Gasteiger partial charge in [0.2, 0.25) is 18.0 Å². The highest BCUT2D eigenvalue weighted by Crippen LogP contribution is 2.45. The van der Waals surface area contributed by atoms with E-state index >= 15 is 4.39 Å². The monoisotopic (exact) mass is 612 g/mol. The fourth-order valence-electron chi connectivity index (χ4n) is 5.77. The highest BCUT2D eigenvalue weighted by atomic mass is 32.2. The Labute approximate surface area is 248 Å². The van der Waals surface area contributed by atoms with Gasteiger partial charge in [0.25, 0.3) is 5.91 Å². The van der Waals surface area contributed by atoms with E-state index in [2.05, 4.69) is 9.89 Å². The lowest BCUT2D eigenvalue weighted by molar-refractivity contribution is 0.0129. The number of thioether (sulfide) groups is 1. The van der Waals surface area contributed by atoms with Crippen LogP contribution in [0.25, 0.3) is 0 Å². The van der Waals surface area contributed by atoms with E-state index in [1.54, 1.807) is 11.0 Å². The molecule has 1 aromatic heterocycles. The van der Waals surface area contributed by atoms with Gasteiger partial charge >= 0.3 is 6.16 Å². The van der Waals surface area contributed by atoms with Crippen LogP contribution in [0.2, 0.25) is 0 Å². The van der Waals surface area contributed by atoms with Crippen LogP contribution in [-0.4, -0.2) is 61.1 Å². The molecule has 0 unspecified atom stereocenters. The van der Waals surface area contributed by atoms with Crippen molar-refractivity contribution in [2.45, 2.75) is 35.7 Å². The van der Waals surface area contributed by atoms with Crippen molar-refractivity contribution in [1.82, 2.24) is 9.58 Å². The van der Waals surface area contributed by atoms with Crippen LogP contribution in [0.1, 0.15) is 46.1 Å². The summed E-state index contributed by atoms with van der Waals surface area (Å²) in [5, 5.41) is 6.02. The molecule has 6 rings (SSSR count). The largest absolute Gasteiger partial charge is 0.510 e. The van der Waals surface area contributed by atoms with E-state index in [0.29, 0.717) is 17.7 Å². The second-order valence-electron chi connectivity index (χ2n) is 9.87. The molecule has 0 bridgehead atoms. The minimum absolute atomic E-state index is 0.108. The summed E-state index contributed by atoms with van der Waals surface area (Å²) in [6.07, 6.45) is 0.445. The predicted octanol–water partition coefficient (Wildman–Crippen LogP) is 4.16. The number of amides is 1. The van der Waals surface area contributed by atoms with E-state index in [0.717, 1.165) is 23.6 Å². The van der Waals surface area contributed by atoms with Crippen molar-refractivity contribution in [1.29, 1.82) is 0 Å². The second kappa shape index (κ2) is 11.6. The zero-order valence-corrected chi connectivity index (χ0v) is 23.9. The number of methoxy groups -OCH3 is 1. The Hall–Kier alpha value is -4.59. The maximum absolute atomic E-state index is 15.4. The molecule has 0 aliphatic carbocycles. The molecule has 3 aliphatic rings. The summed E-state index contributed by atoms with van der Waals surface area (Å²) >= 11 is 1.38. The molecule has 3 aliphatic heterocycles. The molecule has 0 N–H and O–H groups in total. The Morgan fingerprint density at radius 1 is 1.09 bits per heavy atom. The lowest BCUT2D eigenvalue weighted by atomic mass is 9.91. The number of carbonyl (C=O) groups is 2. The van der Waals surface area contributed by atoms with Crippen molar-refractivity contribution in [3.05, 3.63) is 92.9 Å². The number of benzene rings is 2. The summed E-state index contributed by atoms with van der Waals surface area (Å²) in [4.78, 5) is 46.2. The highest BCUT2D eigenvalue weighted by Gasteiger charge is 2.47. The zero-order valence-electron chi connectivity index (χ0n) is 23.1. The number of piperidine rings is 1. The van der Waals surface area contributed by atoms with Gasteiger partial charge in [-0.05, 0) is 23.3 Å². The van der Waals surface area contributed by atoms with Gasteiger partial charge in [-0.2, -0.15) is 0 Å². The molecule has 0 saturated carbocycles. The van der Waals surface area contributed by atoms with Crippen LogP contribution in [0.3, 0.4) is 0 Å². The van der Waals surface area contributed by atoms with Gasteiger partial charge in [0, 0.05) is 47.9 Å². The van der Waals surface area contributed by atoms with Gasteiger partial charge in [0.15, 0.2) is 17.3 Å². The van der Waals surface area contributed by atoms with Crippen LogP contribution >= 0.6 is 11.8 Å². The Morgan fingerprint density at radius 2 is 1.91 bits per heavy atom. The first-order valence-corrected chi connectivity index (χ1v) is 14.3. The molecule has 2 aromatic carbocycles.